The molecular weight excluding hydrogens is 422 g/mol. The number of nitrogens with one attached hydrogen (secondary N) is 1. The molecule has 0 radical (unpaired) electrons. The Labute approximate surface area is 220 Å². The molecule has 0 aliphatic carbocycles. The lowest BCUT2D eigenvalue weighted by atomic mass is 10.0. The predicted molar refractivity (Wildman–Crippen MR) is 161 cm³/mol. The zero-order valence-electron chi connectivity index (χ0n) is 23.9. The zero-order chi connectivity index (χ0) is 25.1. The van der Waals surface area contributed by atoms with E-state index in [-0.39, 0.29) is 0 Å². The van der Waals surface area contributed by atoms with Crippen LogP contribution in [0.3, 0.4) is 0 Å². The Bertz CT molecular complexity index is 543. The van der Waals surface area contributed by atoms with Crippen LogP contribution in [-0.4, -0.2) is 4.98 Å². The molecule has 0 aromatic carbocycles. The molecule has 0 atom stereocenters. The normalized spacial score (nSPS) is 11.9. The van der Waals surface area contributed by atoms with Gasteiger partial charge in [0.25, 0.3) is 0 Å². The first-order valence-electron chi connectivity index (χ1n) is 15.9. The number of rotatable bonds is 26. The van der Waals surface area contributed by atoms with Crippen LogP contribution < -0.4 is 0 Å². The highest BCUT2D eigenvalue weighted by molar-refractivity contribution is 5.62. The molecule has 0 spiro atoms. The van der Waals surface area contributed by atoms with E-state index in [1.54, 1.807) is 0 Å². The molecule has 35 heavy (non-hydrogen) atoms. The summed E-state index contributed by atoms with van der Waals surface area (Å²) in [5.74, 6) is 0. The summed E-state index contributed by atoms with van der Waals surface area (Å²) >= 11 is 0. The number of hydrogen-bond donors (Lipinski definition) is 1. The molecule has 1 N–H and O–H groups in total. The predicted octanol–water partition coefficient (Wildman–Crippen LogP) is 12.4. The number of allylic oxidation sites excluding steroid dienone is 2. The van der Waals surface area contributed by atoms with Gasteiger partial charge in [-0.3, -0.25) is 0 Å². The molecule has 0 fully saturated rings. The van der Waals surface area contributed by atoms with E-state index in [0.29, 0.717) is 0 Å². The van der Waals surface area contributed by atoms with Crippen molar-refractivity contribution in [3.63, 3.8) is 0 Å². The van der Waals surface area contributed by atoms with Gasteiger partial charge in [0, 0.05) is 11.9 Å². The second-order valence-corrected chi connectivity index (χ2v) is 10.8. The number of unbranched alkanes of at least 4 members (excludes halogenated alkanes) is 22. The van der Waals surface area contributed by atoms with Crippen LogP contribution >= 0.6 is 0 Å². The van der Waals surface area contributed by atoms with Gasteiger partial charge >= 0.3 is 0 Å². The zero-order valence-corrected chi connectivity index (χ0v) is 23.9. The van der Waals surface area contributed by atoms with E-state index in [2.05, 4.69) is 55.4 Å². The summed E-state index contributed by atoms with van der Waals surface area (Å²) in [6, 6.07) is 2.21. The molecule has 0 aliphatic heterocycles. The Morgan fingerprint density at radius 3 is 1.29 bits per heavy atom. The van der Waals surface area contributed by atoms with Crippen LogP contribution in [0.15, 0.2) is 24.4 Å². The lowest BCUT2D eigenvalue weighted by Crippen LogP contribution is -1.82. The van der Waals surface area contributed by atoms with Gasteiger partial charge in [-0.1, -0.05) is 160 Å². The van der Waals surface area contributed by atoms with Crippen molar-refractivity contribution in [3.05, 3.63) is 35.7 Å². The molecule has 1 aromatic rings. The van der Waals surface area contributed by atoms with Crippen LogP contribution in [0.4, 0.5) is 0 Å². The van der Waals surface area contributed by atoms with Gasteiger partial charge in [0.15, 0.2) is 0 Å². The number of H-pyrrole nitrogens is 1. The molecule has 0 amide bonds. The van der Waals surface area contributed by atoms with Crippen molar-refractivity contribution in [1.29, 1.82) is 0 Å². The molecule has 0 unspecified atom stereocenters. The summed E-state index contributed by atoms with van der Waals surface area (Å²) in [5, 5.41) is 0. The van der Waals surface area contributed by atoms with E-state index in [0.717, 1.165) is 0 Å². The van der Waals surface area contributed by atoms with Crippen LogP contribution in [0, 0.1) is 0 Å². The smallest absolute Gasteiger partial charge is 0.0450 e. The lowest BCUT2D eigenvalue weighted by Gasteiger charge is -2.02. The lowest BCUT2D eigenvalue weighted by molar-refractivity contribution is 0.550. The van der Waals surface area contributed by atoms with E-state index in [1.807, 2.05) is 0 Å². The number of aromatic amines is 1. The molecule has 0 aliphatic rings. The van der Waals surface area contributed by atoms with E-state index >= 15 is 0 Å². The third kappa shape index (κ3) is 20.6. The minimum atomic E-state index is 1.21. The maximum atomic E-state index is 3.41. The van der Waals surface area contributed by atoms with Gasteiger partial charge in [0.05, 0.1) is 0 Å². The average Bonchev–Trinajstić information content (AvgIpc) is 3.32. The molecule has 0 bridgehead atoms. The Kier molecular flexibility index (Phi) is 23.5. The van der Waals surface area contributed by atoms with Crippen molar-refractivity contribution in [1.82, 2.24) is 4.98 Å². The van der Waals surface area contributed by atoms with Crippen LogP contribution in [0.5, 0.6) is 0 Å². The molecule has 1 aromatic heterocycles. The minimum absolute atomic E-state index is 1.21. The van der Waals surface area contributed by atoms with Crippen LogP contribution in [-0.2, 0) is 0 Å². The quantitative estimate of drug-likeness (QED) is 0.126. The third-order valence-electron chi connectivity index (χ3n) is 7.34. The van der Waals surface area contributed by atoms with Crippen molar-refractivity contribution >= 4 is 12.2 Å². The summed E-state index contributed by atoms with van der Waals surface area (Å²) < 4.78 is 0. The Balaban J connectivity index is 1.97. The van der Waals surface area contributed by atoms with Gasteiger partial charge in [-0.2, -0.15) is 0 Å². The Morgan fingerprint density at radius 1 is 0.486 bits per heavy atom. The van der Waals surface area contributed by atoms with E-state index < -0.39 is 0 Å². The van der Waals surface area contributed by atoms with E-state index in [1.165, 1.54) is 165 Å². The summed E-state index contributed by atoms with van der Waals surface area (Å²) in [6.07, 6.45) is 45.0. The van der Waals surface area contributed by atoms with Crippen molar-refractivity contribution in [2.75, 3.05) is 0 Å². The SMILES string of the molecule is CCCCCCCCCCCCC/C=C/c1cc[nH]c1/C=C/CCCCCCCCCCCCC. The fourth-order valence-corrected chi connectivity index (χ4v) is 4.95. The third-order valence-corrected chi connectivity index (χ3v) is 7.34. The molecule has 202 valence electrons. The van der Waals surface area contributed by atoms with Gasteiger partial charge < -0.3 is 4.98 Å². The van der Waals surface area contributed by atoms with Crippen molar-refractivity contribution < 1.29 is 0 Å². The maximum Gasteiger partial charge on any atom is 0.0450 e. The fraction of sp³-hybridized carbons (Fsp3) is 0.765. The van der Waals surface area contributed by atoms with Gasteiger partial charge in [0.1, 0.15) is 0 Å². The molecule has 0 saturated heterocycles. The Morgan fingerprint density at radius 2 is 0.857 bits per heavy atom. The first-order valence-corrected chi connectivity index (χ1v) is 15.9. The maximum absolute atomic E-state index is 3.41. The van der Waals surface area contributed by atoms with Crippen LogP contribution in [0.1, 0.15) is 179 Å². The average molecular weight is 484 g/mol. The van der Waals surface area contributed by atoms with Gasteiger partial charge in [-0.15, -0.1) is 0 Å². The topological polar surface area (TPSA) is 15.8 Å². The molecule has 0 saturated carbocycles. The fourth-order valence-electron chi connectivity index (χ4n) is 4.95. The summed E-state index contributed by atoms with van der Waals surface area (Å²) in [7, 11) is 0. The second-order valence-electron chi connectivity index (χ2n) is 10.8. The van der Waals surface area contributed by atoms with Crippen molar-refractivity contribution in [2.24, 2.45) is 0 Å². The molecule has 1 heterocycles. The number of hydrogen-bond acceptors (Lipinski definition) is 0. The molecule has 1 rings (SSSR count). The van der Waals surface area contributed by atoms with E-state index in [4.69, 9.17) is 0 Å². The van der Waals surface area contributed by atoms with Gasteiger partial charge in [-0.05, 0) is 43.4 Å². The highest BCUT2D eigenvalue weighted by Gasteiger charge is 1.97. The van der Waals surface area contributed by atoms with Gasteiger partial charge in [-0.25, -0.2) is 0 Å². The highest BCUT2D eigenvalue weighted by Crippen LogP contribution is 2.16. The first kappa shape index (κ1) is 31.8. The summed E-state index contributed by atoms with van der Waals surface area (Å²) in [6.45, 7) is 4.59. The van der Waals surface area contributed by atoms with Gasteiger partial charge in [0.2, 0.25) is 0 Å². The first-order chi connectivity index (χ1) is 17.4. The Hall–Kier alpha value is -1.24. The van der Waals surface area contributed by atoms with Crippen LogP contribution in [0.2, 0.25) is 0 Å². The minimum Gasteiger partial charge on any atom is -0.361 e. The largest absolute Gasteiger partial charge is 0.361 e. The highest BCUT2D eigenvalue weighted by atomic mass is 14.7. The summed E-state index contributed by atoms with van der Waals surface area (Å²) in [5.41, 5.74) is 2.60. The summed E-state index contributed by atoms with van der Waals surface area (Å²) in [4.78, 5) is 3.41. The molecule has 1 heteroatoms. The van der Waals surface area contributed by atoms with Crippen molar-refractivity contribution in [3.8, 4) is 0 Å². The standard InChI is InChI=1S/C34H61N/c1-3-5-7-9-11-13-15-17-19-21-23-25-27-29-33-31-32-35-34(33)30-28-26-24-22-20-18-16-14-12-10-8-6-4-2/h27-32,35H,3-26H2,1-2H3/b29-27+,30-28+. The molecule has 1 nitrogen and oxygen atoms in total. The second kappa shape index (κ2) is 25.8. The molecular formula is C34H61N. The van der Waals surface area contributed by atoms with Crippen LogP contribution in [0.25, 0.3) is 12.2 Å². The van der Waals surface area contributed by atoms with Crippen molar-refractivity contribution in [2.45, 2.75) is 168 Å². The number of aromatic nitrogens is 1. The van der Waals surface area contributed by atoms with E-state index in [9.17, 15) is 0 Å². The monoisotopic (exact) mass is 483 g/mol.